The van der Waals surface area contributed by atoms with Crippen molar-refractivity contribution in [2.75, 3.05) is 6.54 Å². The summed E-state index contributed by atoms with van der Waals surface area (Å²) < 4.78 is 0. The van der Waals surface area contributed by atoms with Gasteiger partial charge in [-0.25, -0.2) is 9.98 Å². The number of hydrogen-bond donors (Lipinski definition) is 0. The molecule has 4 nitrogen and oxygen atoms in total. The van der Waals surface area contributed by atoms with Crippen molar-refractivity contribution >= 4 is 46.2 Å². The molecule has 1 aliphatic heterocycles. The van der Waals surface area contributed by atoms with Gasteiger partial charge in [-0.3, -0.25) is 9.69 Å². The van der Waals surface area contributed by atoms with E-state index in [2.05, 4.69) is 9.98 Å². The summed E-state index contributed by atoms with van der Waals surface area (Å²) in [6.45, 7) is 4.51. The normalized spacial score (nSPS) is 18.0. The third-order valence-electron chi connectivity index (χ3n) is 3.53. The van der Waals surface area contributed by atoms with Crippen molar-refractivity contribution in [1.82, 2.24) is 9.88 Å². The number of nitrogens with zero attached hydrogens (tertiary/aromatic N) is 3. The number of pyridine rings is 1. The van der Waals surface area contributed by atoms with Crippen LogP contribution in [0.25, 0.3) is 6.08 Å². The number of carbonyl (C=O) groups is 1. The number of amides is 1. The Balaban J connectivity index is 1.94. The second-order valence-corrected chi connectivity index (χ2v) is 6.65. The molecule has 3 rings (SSSR count). The summed E-state index contributed by atoms with van der Waals surface area (Å²) in [4.78, 5) is 23.4. The zero-order valence-electron chi connectivity index (χ0n) is 13.4. The van der Waals surface area contributed by atoms with Gasteiger partial charge in [0.1, 0.15) is 5.69 Å². The van der Waals surface area contributed by atoms with E-state index in [-0.39, 0.29) is 5.91 Å². The van der Waals surface area contributed by atoms with Gasteiger partial charge >= 0.3 is 0 Å². The summed E-state index contributed by atoms with van der Waals surface area (Å²) in [7, 11) is 0. The number of halogens is 1. The predicted molar refractivity (Wildman–Crippen MR) is 100 cm³/mol. The summed E-state index contributed by atoms with van der Waals surface area (Å²) in [6.07, 6.45) is 3.50. The zero-order valence-corrected chi connectivity index (χ0v) is 14.9. The molecule has 1 amide bonds. The van der Waals surface area contributed by atoms with Gasteiger partial charge in [-0.05, 0) is 49.4 Å². The van der Waals surface area contributed by atoms with Crippen molar-refractivity contribution in [2.45, 2.75) is 13.8 Å². The Labute approximate surface area is 150 Å². The molecule has 0 unspecified atom stereocenters. The Morgan fingerprint density at radius 2 is 2.04 bits per heavy atom. The van der Waals surface area contributed by atoms with Crippen LogP contribution in [0.3, 0.4) is 0 Å². The number of aromatic nitrogens is 1. The van der Waals surface area contributed by atoms with Crippen LogP contribution in [0, 0.1) is 6.92 Å². The first-order valence-corrected chi connectivity index (χ1v) is 8.75. The van der Waals surface area contributed by atoms with E-state index in [0.29, 0.717) is 27.5 Å². The van der Waals surface area contributed by atoms with Crippen LogP contribution in [-0.4, -0.2) is 27.5 Å². The van der Waals surface area contributed by atoms with Crippen LogP contribution in [-0.2, 0) is 4.79 Å². The average Bonchev–Trinajstić information content (AvgIpc) is 2.87. The zero-order chi connectivity index (χ0) is 17.1. The van der Waals surface area contributed by atoms with E-state index in [1.54, 1.807) is 23.2 Å². The van der Waals surface area contributed by atoms with Crippen LogP contribution in [0.4, 0.5) is 5.69 Å². The first kappa shape index (κ1) is 16.7. The second kappa shape index (κ2) is 7.20. The number of carbonyl (C=O) groups excluding carboxylic acids is 1. The van der Waals surface area contributed by atoms with Gasteiger partial charge in [0.25, 0.3) is 5.91 Å². The lowest BCUT2D eigenvalue weighted by atomic mass is 10.1. The molecule has 24 heavy (non-hydrogen) atoms. The molecular formula is C18H16ClN3OS. The third kappa shape index (κ3) is 3.52. The SMILES string of the molecule is CCN1C(=O)/C(=C/c2ccc(C)cc2)SC1=Nc1cccnc1Cl. The minimum atomic E-state index is -0.0400. The van der Waals surface area contributed by atoms with E-state index in [0.717, 1.165) is 5.56 Å². The van der Waals surface area contributed by atoms with Gasteiger partial charge in [-0.15, -0.1) is 0 Å². The maximum Gasteiger partial charge on any atom is 0.266 e. The van der Waals surface area contributed by atoms with Gasteiger partial charge < -0.3 is 0 Å². The summed E-state index contributed by atoms with van der Waals surface area (Å²) in [5.41, 5.74) is 2.74. The van der Waals surface area contributed by atoms with Crippen LogP contribution in [0.1, 0.15) is 18.1 Å². The van der Waals surface area contributed by atoms with Gasteiger partial charge in [0.2, 0.25) is 0 Å². The minimum absolute atomic E-state index is 0.0400. The number of amidine groups is 1. The molecule has 0 bridgehead atoms. The van der Waals surface area contributed by atoms with E-state index in [4.69, 9.17) is 11.6 Å². The lowest BCUT2D eigenvalue weighted by molar-refractivity contribution is -0.122. The molecule has 122 valence electrons. The molecule has 0 atom stereocenters. The summed E-state index contributed by atoms with van der Waals surface area (Å²) in [6, 6.07) is 11.6. The van der Waals surface area contributed by atoms with Crippen molar-refractivity contribution in [3.05, 3.63) is 63.8 Å². The molecule has 0 saturated carbocycles. The molecule has 6 heteroatoms. The largest absolute Gasteiger partial charge is 0.287 e. The summed E-state index contributed by atoms with van der Waals surface area (Å²) >= 11 is 7.42. The molecule has 1 fully saturated rings. The summed E-state index contributed by atoms with van der Waals surface area (Å²) in [5, 5.41) is 0.945. The Morgan fingerprint density at radius 3 is 2.71 bits per heavy atom. The van der Waals surface area contributed by atoms with Crippen molar-refractivity contribution in [2.24, 2.45) is 4.99 Å². The van der Waals surface area contributed by atoms with Crippen LogP contribution in [0.15, 0.2) is 52.5 Å². The predicted octanol–water partition coefficient (Wildman–Crippen LogP) is 4.67. The smallest absolute Gasteiger partial charge is 0.266 e. The maximum absolute atomic E-state index is 12.6. The standard InChI is InChI=1S/C18H16ClN3OS/c1-3-22-17(23)15(11-13-8-6-12(2)7-9-13)24-18(22)21-14-5-4-10-20-16(14)19/h4-11H,3H2,1-2H3/b15-11-,21-18?. The molecule has 1 aliphatic rings. The Kier molecular flexibility index (Phi) is 5.02. The number of aliphatic imine (C=N–C) groups is 1. The van der Waals surface area contributed by atoms with E-state index in [9.17, 15) is 4.79 Å². The van der Waals surface area contributed by atoms with Crippen LogP contribution in [0.2, 0.25) is 5.15 Å². The van der Waals surface area contributed by atoms with Crippen molar-refractivity contribution in [3.63, 3.8) is 0 Å². The first-order valence-electron chi connectivity index (χ1n) is 7.55. The molecule has 1 aromatic heterocycles. The molecule has 1 aromatic carbocycles. The lowest BCUT2D eigenvalue weighted by Crippen LogP contribution is -2.28. The van der Waals surface area contributed by atoms with Gasteiger partial charge in [-0.2, -0.15) is 0 Å². The second-order valence-electron chi connectivity index (χ2n) is 5.28. The lowest BCUT2D eigenvalue weighted by Gasteiger charge is -2.12. The van der Waals surface area contributed by atoms with E-state index in [1.807, 2.05) is 44.2 Å². The highest BCUT2D eigenvalue weighted by Gasteiger charge is 2.32. The van der Waals surface area contributed by atoms with Gasteiger partial charge in [0.15, 0.2) is 10.3 Å². The molecule has 0 aliphatic carbocycles. The van der Waals surface area contributed by atoms with Crippen molar-refractivity contribution in [1.29, 1.82) is 0 Å². The molecular weight excluding hydrogens is 342 g/mol. The Hall–Kier alpha value is -2.11. The minimum Gasteiger partial charge on any atom is -0.287 e. The quantitative estimate of drug-likeness (QED) is 0.592. The Morgan fingerprint density at radius 1 is 1.29 bits per heavy atom. The number of likely N-dealkylation sites (N-methyl/N-ethyl adjacent to an activating group) is 1. The van der Waals surface area contributed by atoms with Gasteiger partial charge in [-0.1, -0.05) is 41.4 Å². The molecule has 0 spiro atoms. The fourth-order valence-corrected chi connectivity index (χ4v) is 3.47. The molecule has 1 saturated heterocycles. The summed E-state index contributed by atoms with van der Waals surface area (Å²) in [5.74, 6) is -0.0400. The molecule has 0 radical (unpaired) electrons. The molecule has 0 N–H and O–H groups in total. The fraction of sp³-hybridized carbons (Fsp3) is 0.167. The number of hydrogen-bond acceptors (Lipinski definition) is 4. The number of aryl methyl sites for hydroxylation is 1. The van der Waals surface area contributed by atoms with Crippen molar-refractivity contribution < 1.29 is 4.79 Å². The van der Waals surface area contributed by atoms with E-state index >= 15 is 0 Å². The van der Waals surface area contributed by atoms with Crippen LogP contribution in [0.5, 0.6) is 0 Å². The van der Waals surface area contributed by atoms with Crippen LogP contribution < -0.4 is 0 Å². The number of rotatable bonds is 3. The Bertz CT molecular complexity index is 830. The van der Waals surface area contributed by atoms with Crippen molar-refractivity contribution in [3.8, 4) is 0 Å². The number of thioether (sulfide) groups is 1. The highest BCUT2D eigenvalue weighted by Crippen LogP contribution is 2.35. The first-order chi connectivity index (χ1) is 11.6. The third-order valence-corrected chi connectivity index (χ3v) is 4.83. The fourth-order valence-electron chi connectivity index (χ4n) is 2.25. The highest BCUT2D eigenvalue weighted by atomic mass is 35.5. The highest BCUT2D eigenvalue weighted by molar-refractivity contribution is 8.18. The average molecular weight is 358 g/mol. The molecule has 2 aromatic rings. The maximum atomic E-state index is 12.6. The van der Waals surface area contributed by atoms with E-state index < -0.39 is 0 Å². The monoisotopic (exact) mass is 357 g/mol. The van der Waals surface area contributed by atoms with Gasteiger partial charge in [0, 0.05) is 12.7 Å². The van der Waals surface area contributed by atoms with Gasteiger partial charge in [0.05, 0.1) is 4.91 Å². The molecule has 2 heterocycles. The number of benzene rings is 1. The van der Waals surface area contributed by atoms with E-state index in [1.165, 1.54) is 17.3 Å². The van der Waals surface area contributed by atoms with Crippen LogP contribution >= 0.6 is 23.4 Å². The topological polar surface area (TPSA) is 45.6 Å².